The molecule has 0 bridgehead atoms. The first kappa shape index (κ1) is 12.1. The molecular formula is C12H16O2S. The minimum absolute atomic E-state index is 0.223. The molecule has 15 heavy (non-hydrogen) atoms. The fraction of sp³-hybridized carbons (Fsp3) is 0.417. The molecule has 0 radical (unpaired) electrons. The number of hydrogen-bond acceptors (Lipinski definition) is 3. The molecule has 0 aliphatic rings. The lowest BCUT2D eigenvalue weighted by Crippen LogP contribution is -2.09. The van der Waals surface area contributed by atoms with Gasteiger partial charge in [0.1, 0.15) is 5.94 Å². The SMILES string of the molecule is CSCOC(=O)c1c(C)cc(C)cc1C. The Hall–Kier alpha value is -0.960. The molecule has 82 valence electrons. The molecule has 0 spiro atoms. The van der Waals surface area contributed by atoms with Crippen LogP contribution in [0.3, 0.4) is 0 Å². The molecule has 3 heteroatoms. The molecule has 0 aliphatic carbocycles. The molecule has 1 rings (SSSR count). The minimum atomic E-state index is -0.223. The van der Waals surface area contributed by atoms with Crippen LogP contribution in [-0.4, -0.2) is 18.2 Å². The molecule has 0 atom stereocenters. The van der Waals surface area contributed by atoms with Crippen LogP contribution in [0.2, 0.25) is 0 Å². The number of rotatable bonds is 3. The molecule has 0 amide bonds. The zero-order chi connectivity index (χ0) is 11.4. The van der Waals surface area contributed by atoms with Crippen molar-refractivity contribution in [3.63, 3.8) is 0 Å². The van der Waals surface area contributed by atoms with E-state index < -0.39 is 0 Å². The molecule has 0 fully saturated rings. The van der Waals surface area contributed by atoms with E-state index in [0.29, 0.717) is 11.5 Å². The molecule has 0 aromatic heterocycles. The number of ether oxygens (including phenoxy) is 1. The summed E-state index contributed by atoms with van der Waals surface area (Å²) >= 11 is 1.50. The summed E-state index contributed by atoms with van der Waals surface area (Å²) in [6, 6.07) is 4.01. The molecule has 0 aliphatic heterocycles. The third kappa shape index (κ3) is 2.99. The monoisotopic (exact) mass is 224 g/mol. The summed E-state index contributed by atoms with van der Waals surface area (Å²) in [4.78, 5) is 11.7. The number of thioether (sulfide) groups is 1. The topological polar surface area (TPSA) is 26.3 Å². The molecule has 0 saturated heterocycles. The van der Waals surface area contributed by atoms with Crippen molar-refractivity contribution >= 4 is 17.7 Å². The standard InChI is InChI=1S/C12H16O2S/c1-8-5-9(2)11(10(3)6-8)12(13)14-7-15-4/h5-6H,7H2,1-4H3. The molecule has 2 nitrogen and oxygen atoms in total. The fourth-order valence-electron chi connectivity index (χ4n) is 1.69. The second-order valence-corrected chi connectivity index (χ2v) is 4.43. The summed E-state index contributed by atoms with van der Waals surface area (Å²) in [6.45, 7) is 5.91. The van der Waals surface area contributed by atoms with Gasteiger partial charge in [0.15, 0.2) is 0 Å². The minimum Gasteiger partial charge on any atom is -0.451 e. The van der Waals surface area contributed by atoms with Crippen LogP contribution in [-0.2, 0) is 4.74 Å². The second-order valence-electron chi connectivity index (χ2n) is 3.61. The molecule has 0 N–H and O–H groups in total. The van der Waals surface area contributed by atoms with Crippen molar-refractivity contribution in [1.29, 1.82) is 0 Å². The summed E-state index contributed by atoms with van der Waals surface area (Å²) in [5, 5.41) is 0. The molecule has 0 saturated carbocycles. The van der Waals surface area contributed by atoms with Crippen LogP contribution in [0.15, 0.2) is 12.1 Å². The lowest BCUT2D eigenvalue weighted by molar-refractivity contribution is 0.0578. The highest BCUT2D eigenvalue weighted by atomic mass is 32.2. The van der Waals surface area contributed by atoms with E-state index in [1.165, 1.54) is 17.3 Å². The Morgan fingerprint density at radius 2 is 1.80 bits per heavy atom. The van der Waals surface area contributed by atoms with Crippen LogP contribution in [0, 0.1) is 20.8 Å². The number of esters is 1. The molecule has 0 unspecified atom stereocenters. The van der Waals surface area contributed by atoms with E-state index in [1.807, 2.05) is 39.2 Å². The first-order valence-electron chi connectivity index (χ1n) is 4.80. The van der Waals surface area contributed by atoms with E-state index in [1.54, 1.807) is 0 Å². The zero-order valence-electron chi connectivity index (χ0n) is 9.59. The van der Waals surface area contributed by atoms with Crippen LogP contribution in [0.4, 0.5) is 0 Å². The highest BCUT2D eigenvalue weighted by Gasteiger charge is 2.13. The van der Waals surface area contributed by atoms with Gasteiger partial charge in [-0.2, -0.15) is 0 Å². The summed E-state index contributed by atoms with van der Waals surface area (Å²) in [5.41, 5.74) is 3.85. The van der Waals surface area contributed by atoms with Crippen molar-refractivity contribution in [2.75, 3.05) is 12.2 Å². The number of carbonyl (C=O) groups is 1. The third-order valence-corrected chi connectivity index (χ3v) is 2.54. The predicted molar refractivity (Wildman–Crippen MR) is 64.5 cm³/mol. The largest absolute Gasteiger partial charge is 0.451 e. The van der Waals surface area contributed by atoms with Gasteiger partial charge in [0.25, 0.3) is 0 Å². The van der Waals surface area contributed by atoms with Gasteiger partial charge in [0.05, 0.1) is 5.56 Å². The maximum atomic E-state index is 11.7. The number of benzene rings is 1. The van der Waals surface area contributed by atoms with E-state index in [-0.39, 0.29) is 5.97 Å². The maximum Gasteiger partial charge on any atom is 0.339 e. The third-order valence-electron chi connectivity index (χ3n) is 2.19. The first-order chi connectivity index (χ1) is 7.06. The van der Waals surface area contributed by atoms with Gasteiger partial charge in [-0.1, -0.05) is 17.7 Å². The van der Waals surface area contributed by atoms with Crippen molar-refractivity contribution in [2.24, 2.45) is 0 Å². The van der Waals surface area contributed by atoms with Crippen molar-refractivity contribution in [3.05, 3.63) is 34.4 Å². The Labute approximate surface area is 95.0 Å². The van der Waals surface area contributed by atoms with Gasteiger partial charge >= 0.3 is 5.97 Å². The van der Waals surface area contributed by atoms with Gasteiger partial charge < -0.3 is 4.74 Å². The fourth-order valence-corrected chi connectivity index (χ4v) is 1.91. The molecule has 0 heterocycles. The predicted octanol–water partition coefficient (Wildman–Crippen LogP) is 3.09. The summed E-state index contributed by atoms with van der Waals surface area (Å²) in [6.07, 6.45) is 1.90. The van der Waals surface area contributed by atoms with Gasteiger partial charge in [-0.25, -0.2) is 4.79 Å². The zero-order valence-corrected chi connectivity index (χ0v) is 10.4. The second kappa shape index (κ2) is 5.21. The highest BCUT2D eigenvalue weighted by molar-refractivity contribution is 7.98. The van der Waals surface area contributed by atoms with Crippen molar-refractivity contribution in [3.8, 4) is 0 Å². The first-order valence-corrected chi connectivity index (χ1v) is 6.19. The van der Waals surface area contributed by atoms with Crippen LogP contribution in [0.25, 0.3) is 0 Å². The Morgan fingerprint density at radius 1 is 1.27 bits per heavy atom. The van der Waals surface area contributed by atoms with Crippen LogP contribution >= 0.6 is 11.8 Å². The Kier molecular flexibility index (Phi) is 4.21. The lowest BCUT2D eigenvalue weighted by Gasteiger charge is -2.10. The Bertz CT molecular complexity index is 349. The smallest absolute Gasteiger partial charge is 0.339 e. The lowest BCUT2D eigenvalue weighted by atomic mass is 10.0. The number of carbonyl (C=O) groups excluding carboxylic acids is 1. The van der Waals surface area contributed by atoms with Gasteiger partial charge in [-0.05, 0) is 38.2 Å². The number of hydrogen-bond donors (Lipinski definition) is 0. The van der Waals surface area contributed by atoms with Crippen molar-refractivity contribution in [1.82, 2.24) is 0 Å². The average molecular weight is 224 g/mol. The van der Waals surface area contributed by atoms with Crippen molar-refractivity contribution in [2.45, 2.75) is 20.8 Å². The van der Waals surface area contributed by atoms with Gasteiger partial charge in [-0.15, -0.1) is 11.8 Å². The summed E-state index contributed by atoms with van der Waals surface area (Å²) < 4.78 is 5.10. The maximum absolute atomic E-state index is 11.7. The van der Waals surface area contributed by atoms with Crippen LogP contribution in [0.1, 0.15) is 27.0 Å². The van der Waals surface area contributed by atoms with Gasteiger partial charge in [0, 0.05) is 0 Å². The summed E-state index contributed by atoms with van der Waals surface area (Å²) in [7, 11) is 0. The average Bonchev–Trinajstić information content (AvgIpc) is 2.12. The molecule has 1 aromatic carbocycles. The van der Waals surface area contributed by atoms with E-state index >= 15 is 0 Å². The Morgan fingerprint density at radius 3 is 2.27 bits per heavy atom. The molecular weight excluding hydrogens is 208 g/mol. The van der Waals surface area contributed by atoms with Crippen LogP contribution < -0.4 is 0 Å². The number of aryl methyl sites for hydroxylation is 3. The highest BCUT2D eigenvalue weighted by Crippen LogP contribution is 2.17. The van der Waals surface area contributed by atoms with Crippen molar-refractivity contribution < 1.29 is 9.53 Å². The molecule has 1 aromatic rings. The quantitative estimate of drug-likeness (QED) is 0.583. The van der Waals surface area contributed by atoms with Gasteiger partial charge in [0.2, 0.25) is 0 Å². The van der Waals surface area contributed by atoms with E-state index in [9.17, 15) is 4.79 Å². The Balaban J connectivity index is 2.98. The summed E-state index contributed by atoms with van der Waals surface area (Å²) in [5.74, 6) is 0.185. The normalized spacial score (nSPS) is 10.1. The van der Waals surface area contributed by atoms with E-state index in [4.69, 9.17) is 4.74 Å². The van der Waals surface area contributed by atoms with E-state index in [2.05, 4.69) is 0 Å². The van der Waals surface area contributed by atoms with Crippen LogP contribution in [0.5, 0.6) is 0 Å². The van der Waals surface area contributed by atoms with Gasteiger partial charge in [-0.3, -0.25) is 0 Å². The van der Waals surface area contributed by atoms with E-state index in [0.717, 1.165) is 11.1 Å².